The zero-order valence-corrected chi connectivity index (χ0v) is 12.7. The van der Waals surface area contributed by atoms with Gasteiger partial charge in [-0.1, -0.05) is 5.16 Å². The summed E-state index contributed by atoms with van der Waals surface area (Å²) in [4.78, 5) is 16.8. The van der Waals surface area contributed by atoms with E-state index in [0.29, 0.717) is 12.3 Å². The van der Waals surface area contributed by atoms with Gasteiger partial charge in [-0.3, -0.25) is 4.79 Å². The Morgan fingerprint density at radius 1 is 1.52 bits per heavy atom. The van der Waals surface area contributed by atoms with Gasteiger partial charge in [0.25, 0.3) is 0 Å². The first-order valence-corrected chi connectivity index (χ1v) is 8.40. The SMILES string of the molecule is CSCC(=O)NC[C@@H]1CC(c2ccc3c(c2)CCO3)=NO1. The van der Waals surface area contributed by atoms with E-state index in [9.17, 15) is 4.79 Å². The number of nitrogens with one attached hydrogen (secondary N) is 1. The number of benzene rings is 1. The molecule has 1 aromatic rings. The van der Waals surface area contributed by atoms with Gasteiger partial charge in [0.1, 0.15) is 11.9 Å². The maximum Gasteiger partial charge on any atom is 0.230 e. The van der Waals surface area contributed by atoms with Crippen molar-refractivity contribution >= 4 is 23.4 Å². The zero-order chi connectivity index (χ0) is 14.7. The predicted molar refractivity (Wildman–Crippen MR) is 83.1 cm³/mol. The van der Waals surface area contributed by atoms with Gasteiger partial charge in [0.15, 0.2) is 0 Å². The first kappa shape index (κ1) is 14.3. The van der Waals surface area contributed by atoms with Gasteiger partial charge in [0.05, 0.1) is 24.6 Å². The zero-order valence-electron chi connectivity index (χ0n) is 11.9. The van der Waals surface area contributed by atoms with Crippen molar-refractivity contribution < 1.29 is 14.4 Å². The number of carbonyl (C=O) groups is 1. The Kier molecular flexibility index (Phi) is 4.34. The Morgan fingerprint density at radius 3 is 3.29 bits per heavy atom. The fraction of sp³-hybridized carbons (Fsp3) is 0.467. The van der Waals surface area contributed by atoms with E-state index in [-0.39, 0.29) is 12.0 Å². The largest absolute Gasteiger partial charge is 0.493 e. The lowest BCUT2D eigenvalue weighted by molar-refractivity contribution is -0.119. The number of amides is 1. The van der Waals surface area contributed by atoms with Gasteiger partial charge >= 0.3 is 0 Å². The van der Waals surface area contributed by atoms with Crippen molar-refractivity contribution in [2.45, 2.75) is 18.9 Å². The van der Waals surface area contributed by atoms with Gasteiger partial charge in [-0.05, 0) is 35.6 Å². The van der Waals surface area contributed by atoms with E-state index in [1.54, 1.807) is 0 Å². The molecule has 0 saturated carbocycles. The van der Waals surface area contributed by atoms with Crippen LogP contribution in [0.2, 0.25) is 0 Å². The number of hydrogen-bond donors (Lipinski definition) is 1. The molecule has 0 unspecified atom stereocenters. The molecule has 0 aromatic heterocycles. The monoisotopic (exact) mass is 306 g/mol. The summed E-state index contributed by atoms with van der Waals surface area (Å²) in [5.74, 6) is 1.49. The molecule has 0 radical (unpaired) electrons. The maximum absolute atomic E-state index is 11.4. The van der Waals surface area contributed by atoms with Crippen molar-refractivity contribution in [3.05, 3.63) is 29.3 Å². The molecule has 1 atom stereocenters. The Bertz CT molecular complexity index is 574. The van der Waals surface area contributed by atoms with Crippen molar-refractivity contribution in [2.24, 2.45) is 5.16 Å². The highest BCUT2D eigenvalue weighted by atomic mass is 32.2. The fourth-order valence-corrected chi connectivity index (χ4v) is 2.85. The molecule has 2 aliphatic heterocycles. The summed E-state index contributed by atoms with van der Waals surface area (Å²) in [6.45, 7) is 1.26. The summed E-state index contributed by atoms with van der Waals surface area (Å²) >= 11 is 1.51. The minimum absolute atomic E-state index is 0.0363. The number of carbonyl (C=O) groups excluding carboxylic acids is 1. The van der Waals surface area contributed by atoms with Crippen LogP contribution in [0.4, 0.5) is 0 Å². The lowest BCUT2D eigenvalue weighted by Crippen LogP contribution is -2.33. The van der Waals surface area contributed by atoms with Crippen LogP contribution in [0, 0.1) is 0 Å². The van der Waals surface area contributed by atoms with Gasteiger partial charge < -0.3 is 14.9 Å². The van der Waals surface area contributed by atoms with Gasteiger partial charge in [-0.25, -0.2) is 0 Å². The van der Waals surface area contributed by atoms with Crippen molar-refractivity contribution in [3.8, 4) is 5.75 Å². The average molecular weight is 306 g/mol. The molecule has 2 heterocycles. The van der Waals surface area contributed by atoms with Crippen molar-refractivity contribution in [3.63, 3.8) is 0 Å². The third kappa shape index (κ3) is 3.32. The third-order valence-electron chi connectivity index (χ3n) is 3.56. The summed E-state index contributed by atoms with van der Waals surface area (Å²) in [6.07, 6.45) is 3.50. The molecule has 2 aliphatic rings. The molecule has 0 spiro atoms. The molecule has 1 amide bonds. The minimum atomic E-state index is -0.0738. The predicted octanol–water partition coefficient (Wildman–Crippen LogP) is 1.59. The van der Waals surface area contributed by atoms with Crippen LogP contribution >= 0.6 is 11.8 Å². The van der Waals surface area contributed by atoms with E-state index < -0.39 is 0 Å². The number of thioether (sulfide) groups is 1. The summed E-state index contributed by atoms with van der Waals surface area (Å²) in [7, 11) is 0. The van der Waals surface area contributed by atoms with Gasteiger partial charge in [-0.15, -0.1) is 0 Å². The van der Waals surface area contributed by atoms with Gasteiger partial charge in [0.2, 0.25) is 5.91 Å². The van der Waals surface area contributed by atoms with Crippen LogP contribution in [-0.2, 0) is 16.1 Å². The highest BCUT2D eigenvalue weighted by molar-refractivity contribution is 7.99. The number of nitrogens with zero attached hydrogens (tertiary/aromatic N) is 1. The fourth-order valence-electron chi connectivity index (χ4n) is 2.48. The molecule has 0 aliphatic carbocycles. The Morgan fingerprint density at radius 2 is 2.43 bits per heavy atom. The molecule has 1 N–H and O–H groups in total. The molecule has 21 heavy (non-hydrogen) atoms. The molecule has 0 saturated heterocycles. The van der Waals surface area contributed by atoms with Crippen LogP contribution < -0.4 is 10.1 Å². The molecule has 3 rings (SSSR count). The van der Waals surface area contributed by atoms with E-state index in [1.165, 1.54) is 17.3 Å². The molecule has 6 heteroatoms. The Balaban J connectivity index is 1.55. The number of oxime groups is 1. The van der Waals surface area contributed by atoms with E-state index in [0.717, 1.165) is 36.5 Å². The second-order valence-electron chi connectivity index (χ2n) is 5.13. The third-order valence-corrected chi connectivity index (χ3v) is 4.11. The standard InChI is InChI=1S/C15H18N2O3S/c1-21-9-15(18)16-8-12-7-13(17-20-12)10-2-3-14-11(6-10)4-5-19-14/h2-3,6,12H,4-5,7-9H2,1H3,(H,16,18)/t12-/m0/s1. The van der Waals surface area contributed by atoms with E-state index in [2.05, 4.69) is 16.5 Å². The first-order chi connectivity index (χ1) is 10.3. The maximum atomic E-state index is 11.4. The van der Waals surface area contributed by atoms with Crippen LogP contribution in [0.3, 0.4) is 0 Å². The van der Waals surface area contributed by atoms with Crippen molar-refractivity contribution in [2.75, 3.05) is 25.2 Å². The molecule has 0 bridgehead atoms. The highest BCUT2D eigenvalue weighted by Gasteiger charge is 2.24. The molecule has 5 nitrogen and oxygen atoms in total. The van der Waals surface area contributed by atoms with Gasteiger partial charge in [-0.2, -0.15) is 11.8 Å². The Hall–Kier alpha value is -1.69. The normalized spacial score (nSPS) is 19.5. The second-order valence-corrected chi connectivity index (χ2v) is 5.99. The number of ether oxygens (including phenoxy) is 1. The minimum Gasteiger partial charge on any atom is -0.493 e. The average Bonchev–Trinajstić information content (AvgIpc) is 3.13. The summed E-state index contributed by atoms with van der Waals surface area (Å²) in [5, 5.41) is 7.02. The van der Waals surface area contributed by atoms with E-state index >= 15 is 0 Å². The lowest BCUT2D eigenvalue weighted by atomic mass is 10.0. The molecule has 0 fully saturated rings. The number of fused-ring (bicyclic) bond motifs is 1. The topological polar surface area (TPSA) is 59.9 Å². The summed E-state index contributed by atoms with van der Waals surface area (Å²) in [6, 6.07) is 6.13. The smallest absolute Gasteiger partial charge is 0.230 e. The van der Waals surface area contributed by atoms with E-state index in [1.807, 2.05) is 18.4 Å². The van der Waals surface area contributed by atoms with Crippen LogP contribution in [0.25, 0.3) is 0 Å². The van der Waals surface area contributed by atoms with Crippen LogP contribution in [-0.4, -0.2) is 42.9 Å². The highest BCUT2D eigenvalue weighted by Crippen LogP contribution is 2.27. The van der Waals surface area contributed by atoms with E-state index in [4.69, 9.17) is 9.57 Å². The van der Waals surface area contributed by atoms with Crippen molar-refractivity contribution in [1.29, 1.82) is 0 Å². The summed E-state index contributed by atoms with van der Waals surface area (Å²) < 4.78 is 5.50. The van der Waals surface area contributed by atoms with Gasteiger partial charge in [0, 0.05) is 12.8 Å². The first-order valence-electron chi connectivity index (χ1n) is 7.00. The molecule has 112 valence electrons. The summed E-state index contributed by atoms with van der Waals surface area (Å²) in [5.41, 5.74) is 3.25. The van der Waals surface area contributed by atoms with Crippen LogP contribution in [0.1, 0.15) is 17.5 Å². The Labute approximate surface area is 128 Å². The van der Waals surface area contributed by atoms with Crippen molar-refractivity contribution in [1.82, 2.24) is 5.32 Å². The lowest BCUT2D eigenvalue weighted by Gasteiger charge is -2.09. The molecular weight excluding hydrogens is 288 g/mol. The molecular formula is C15H18N2O3S. The van der Waals surface area contributed by atoms with Crippen LogP contribution in [0.15, 0.2) is 23.4 Å². The quantitative estimate of drug-likeness (QED) is 0.897. The number of rotatable bonds is 5. The van der Waals surface area contributed by atoms with Crippen LogP contribution in [0.5, 0.6) is 5.75 Å². The number of hydrogen-bond acceptors (Lipinski definition) is 5. The molecule has 1 aromatic carbocycles. The second kappa shape index (κ2) is 6.39.